The number of H-pyrrole nitrogens is 1. The van der Waals surface area contributed by atoms with Gasteiger partial charge in [-0.05, 0) is 48.9 Å². The zero-order chi connectivity index (χ0) is 22.1. The van der Waals surface area contributed by atoms with E-state index < -0.39 is 0 Å². The van der Waals surface area contributed by atoms with E-state index in [1.165, 1.54) is 0 Å². The molecule has 2 fully saturated rings. The summed E-state index contributed by atoms with van der Waals surface area (Å²) >= 11 is 6.57. The molecule has 2 aromatic carbocycles. The molecule has 0 spiro atoms. The van der Waals surface area contributed by atoms with Crippen LogP contribution >= 0.6 is 11.6 Å². The summed E-state index contributed by atoms with van der Waals surface area (Å²) in [5, 5.41) is 5.03. The second-order valence-electron chi connectivity index (χ2n) is 8.98. The second kappa shape index (κ2) is 8.99. The zero-order valence-corrected chi connectivity index (χ0v) is 18.8. The van der Waals surface area contributed by atoms with Gasteiger partial charge in [0.25, 0.3) is 0 Å². The van der Waals surface area contributed by atoms with Crippen LogP contribution in [0.25, 0.3) is 10.9 Å². The molecule has 0 bridgehead atoms. The molecular weight excluding hydrogens is 422 g/mol. The van der Waals surface area contributed by atoms with E-state index in [1.807, 2.05) is 47.5 Å². The molecule has 2 aliphatic rings. The van der Waals surface area contributed by atoms with Gasteiger partial charge in [-0.25, -0.2) is 0 Å². The molecule has 3 aromatic rings. The van der Waals surface area contributed by atoms with Gasteiger partial charge in [-0.2, -0.15) is 0 Å². The van der Waals surface area contributed by atoms with E-state index in [4.69, 9.17) is 11.6 Å². The molecular formula is C26H28ClN3O2. The van der Waals surface area contributed by atoms with Crippen molar-refractivity contribution in [1.29, 1.82) is 0 Å². The molecule has 2 amide bonds. The number of fused-ring (bicyclic) bond motifs is 1. The van der Waals surface area contributed by atoms with E-state index in [0.29, 0.717) is 24.7 Å². The fourth-order valence-electron chi connectivity index (χ4n) is 4.82. The van der Waals surface area contributed by atoms with Crippen molar-refractivity contribution in [3.05, 3.63) is 70.9 Å². The predicted molar refractivity (Wildman–Crippen MR) is 127 cm³/mol. The summed E-state index contributed by atoms with van der Waals surface area (Å²) in [7, 11) is 0. The van der Waals surface area contributed by atoms with Crippen molar-refractivity contribution in [3.63, 3.8) is 0 Å². The van der Waals surface area contributed by atoms with E-state index >= 15 is 0 Å². The van der Waals surface area contributed by atoms with Crippen LogP contribution in [0.15, 0.2) is 54.7 Å². The van der Waals surface area contributed by atoms with Gasteiger partial charge in [0.15, 0.2) is 0 Å². The molecule has 1 aliphatic carbocycles. The number of benzene rings is 2. The number of aromatic amines is 1. The highest BCUT2D eigenvalue weighted by molar-refractivity contribution is 6.31. The van der Waals surface area contributed by atoms with Crippen LogP contribution in [0.3, 0.4) is 0 Å². The van der Waals surface area contributed by atoms with Crippen LogP contribution in [-0.4, -0.2) is 41.3 Å². The first-order valence-corrected chi connectivity index (χ1v) is 11.9. The number of hydrogen-bond acceptors (Lipinski definition) is 2. The van der Waals surface area contributed by atoms with Crippen molar-refractivity contribution in [2.45, 2.75) is 31.6 Å². The van der Waals surface area contributed by atoms with Crippen molar-refractivity contribution >= 4 is 34.3 Å². The third-order valence-corrected chi connectivity index (χ3v) is 7.21. The van der Waals surface area contributed by atoms with Crippen molar-refractivity contribution in [2.75, 3.05) is 19.6 Å². The summed E-state index contributed by atoms with van der Waals surface area (Å²) in [6, 6.07) is 16.0. The minimum absolute atomic E-state index is 0.0480. The molecule has 1 saturated carbocycles. The lowest BCUT2D eigenvalue weighted by Gasteiger charge is -2.32. The second-order valence-corrected chi connectivity index (χ2v) is 9.39. The first-order chi connectivity index (χ1) is 15.6. The van der Waals surface area contributed by atoms with E-state index in [2.05, 4.69) is 22.4 Å². The molecule has 6 heteroatoms. The van der Waals surface area contributed by atoms with Crippen LogP contribution in [0.5, 0.6) is 0 Å². The van der Waals surface area contributed by atoms with Crippen molar-refractivity contribution in [3.8, 4) is 0 Å². The molecule has 0 radical (unpaired) electrons. The molecule has 0 unspecified atom stereocenters. The van der Waals surface area contributed by atoms with Gasteiger partial charge in [0.1, 0.15) is 0 Å². The molecule has 1 atom stereocenters. The van der Waals surface area contributed by atoms with Crippen LogP contribution in [0.1, 0.15) is 42.7 Å². The molecule has 2 N–H and O–H groups in total. The van der Waals surface area contributed by atoms with Crippen LogP contribution < -0.4 is 5.32 Å². The Morgan fingerprint density at radius 3 is 2.44 bits per heavy atom. The number of aromatic nitrogens is 1. The van der Waals surface area contributed by atoms with E-state index in [1.54, 1.807) is 0 Å². The van der Waals surface area contributed by atoms with Crippen molar-refractivity contribution < 1.29 is 9.59 Å². The Balaban J connectivity index is 1.30. The number of piperidine rings is 1. The summed E-state index contributed by atoms with van der Waals surface area (Å²) in [6.07, 6.45) is 5.53. The quantitative estimate of drug-likeness (QED) is 0.572. The summed E-state index contributed by atoms with van der Waals surface area (Å²) in [4.78, 5) is 30.6. The number of halogens is 1. The first kappa shape index (κ1) is 21.1. The zero-order valence-electron chi connectivity index (χ0n) is 18.0. The Morgan fingerprint density at radius 1 is 0.969 bits per heavy atom. The van der Waals surface area contributed by atoms with Crippen molar-refractivity contribution in [2.24, 2.45) is 11.8 Å². The molecule has 5 nitrogen and oxygen atoms in total. The first-order valence-electron chi connectivity index (χ1n) is 11.5. The molecule has 1 saturated heterocycles. The Hall–Kier alpha value is -2.79. The molecule has 5 rings (SSSR count). The topological polar surface area (TPSA) is 65.2 Å². The fourth-order valence-corrected chi connectivity index (χ4v) is 5.09. The molecule has 1 aliphatic heterocycles. The maximum absolute atomic E-state index is 13.0. The number of nitrogens with zero attached hydrogens (tertiary/aromatic N) is 1. The fraction of sp³-hybridized carbons (Fsp3) is 0.385. The number of carbonyl (C=O) groups is 2. The van der Waals surface area contributed by atoms with E-state index in [-0.39, 0.29) is 29.6 Å². The van der Waals surface area contributed by atoms with Gasteiger partial charge in [-0.15, -0.1) is 0 Å². The maximum atomic E-state index is 13.0. The van der Waals surface area contributed by atoms with Gasteiger partial charge in [-0.1, -0.05) is 48.0 Å². The Bertz CT molecular complexity index is 1130. The van der Waals surface area contributed by atoms with E-state index in [9.17, 15) is 9.59 Å². The number of rotatable bonds is 6. The lowest BCUT2D eigenvalue weighted by atomic mass is 9.90. The third-order valence-electron chi connectivity index (χ3n) is 6.86. The molecule has 166 valence electrons. The van der Waals surface area contributed by atoms with Gasteiger partial charge in [-0.3, -0.25) is 9.59 Å². The van der Waals surface area contributed by atoms with E-state index in [0.717, 1.165) is 47.7 Å². The highest BCUT2D eigenvalue weighted by Crippen LogP contribution is 2.35. The molecule has 32 heavy (non-hydrogen) atoms. The number of likely N-dealkylation sites (tertiary alicyclic amines) is 1. The largest absolute Gasteiger partial charge is 0.361 e. The smallest absolute Gasteiger partial charge is 0.225 e. The van der Waals surface area contributed by atoms with Crippen molar-refractivity contribution in [1.82, 2.24) is 15.2 Å². The van der Waals surface area contributed by atoms with Crippen LogP contribution in [0.4, 0.5) is 0 Å². The average molecular weight is 450 g/mol. The highest BCUT2D eigenvalue weighted by atomic mass is 35.5. The predicted octanol–water partition coefficient (Wildman–Crippen LogP) is 4.72. The number of para-hydroxylation sites is 1. The highest BCUT2D eigenvalue weighted by Gasteiger charge is 2.36. The summed E-state index contributed by atoms with van der Waals surface area (Å²) in [6.45, 7) is 1.85. The van der Waals surface area contributed by atoms with Crippen LogP contribution in [-0.2, 0) is 9.59 Å². The Morgan fingerprint density at radius 2 is 1.69 bits per heavy atom. The number of nitrogens with one attached hydrogen (secondary N) is 2. The third kappa shape index (κ3) is 4.26. The lowest BCUT2D eigenvalue weighted by Crippen LogP contribution is -2.44. The summed E-state index contributed by atoms with van der Waals surface area (Å²) in [5.41, 5.74) is 3.20. The standard InChI is InChI=1S/C26H28ClN3O2/c27-23-7-3-1-5-19(23)21(22-15-28-24-8-4-2-6-20(22)24)16-29-25(31)17-11-13-30(14-12-17)26(32)18-9-10-18/h1-8,15,17-18,21,28H,9-14,16H2,(H,29,31)/t21-/m1/s1. The minimum Gasteiger partial charge on any atom is -0.361 e. The van der Waals surface area contributed by atoms with Crippen LogP contribution in [0.2, 0.25) is 5.02 Å². The van der Waals surface area contributed by atoms with Gasteiger partial charge in [0.05, 0.1) is 0 Å². The Kier molecular flexibility index (Phi) is 5.92. The summed E-state index contributed by atoms with van der Waals surface area (Å²) in [5.74, 6) is 0.490. The van der Waals surface area contributed by atoms with Gasteiger partial charge >= 0.3 is 0 Å². The summed E-state index contributed by atoms with van der Waals surface area (Å²) < 4.78 is 0. The van der Waals surface area contributed by atoms with Gasteiger partial charge in [0, 0.05) is 59.5 Å². The van der Waals surface area contributed by atoms with Gasteiger partial charge in [0.2, 0.25) is 11.8 Å². The molecule has 2 heterocycles. The number of carbonyl (C=O) groups excluding carboxylic acids is 2. The van der Waals surface area contributed by atoms with Gasteiger partial charge < -0.3 is 15.2 Å². The van der Waals surface area contributed by atoms with Crippen LogP contribution in [0, 0.1) is 11.8 Å². The average Bonchev–Trinajstić information content (AvgIpc) is 3.60. The SMILES string of the molecule is O=C(NC[C@H](c1ccccc1Cl)c1c[nH]c2ccccc12)C1CCN(C(=O)C2CC2)CC1. The minimum atomic E-state index is -0.0552. The monoisotopic (exact) mass is 449 g/mol. The molecule has 1 aromatic heterocycles. The number of amides is 2. The maximum Gasteiger partial charge on any atom is 0.225 e. The lowest BCUT2D eigenvalue weighted by molar-refractivity contribution is -0.136. The normalized spacial score (nSPS) is 18.0. The Labute approximate surface area is 193 Å². The number of hydrogen-bond donors (Lipinski definition) is 2.